The number of aromatic nitrogens is 3. The third-order valence-corrected chi connectivity index (χ3v) is 5.60. The van der Waals surface area contributed by atoms with Gasteiger partial charge in [0.05, 0.1) is 11.4 Å². The average molecular weight is 440 g/mol. The van der Waals surface area contributed by atoms with Crippen LogP contribution in [0.3, 0.4) is 0 Å². The first kappa shape index (κ1) is 20.9. The number of para-hydroxylation sites is 2. The Morgan fingerprint density at radius 1 is 1.10 bits per heavy atom. The number of carbonyl (C=O) groups is 2. The van der Waals surface area contributed by atoms with Crippen molar-refractivity contribution in [3.63, 3.8) is 0 Å². The van der Waals surface area contributed by atoms with Crippen molar-refractivity contribution in [2.75, 3.05) is 18.4 Å². The number of nitrogens with zero attached hydrogens (tertiary/aromatic N) is 4. The molecule has 1 fully saturated rings. The molecular weight excluding hydrogens is 418 g/mol. The van der Waals surface area contributed by atoms with Crippen molar-refractivity contribution in [3.8, 4) is 11.4 Å². The first-order valence-corrected chi connectivity index (χ1v) is 10.4. The number of benzene rings is 2. The first-order chi connectivity index (χ1) is 14.9. The third kappa shape index (κ3) is 4.54. The van der Waals surface area contributed by atoms with Gasteiger partial charge in [-0.15, -0.1) is 5.10 Å². The van der Waals surface area contributed by atoms with Gasteiger partial charge in [-0.3, -0.25) is 9.59 Å². The van der Waals surface area contributed by atoms with Crippen molar-refractivity contribution >= 4 is 29.1 Å². The fraction of sp³-hybridized carbons (Fsp3) is 0.273. The Morgan fingerprint density at radius 2 is 1.77 bits per heavy atom. The Labute approximate surface area is 184 Å². The van der Waals surface area contributed by atoms with Gasteiger partial charge in [0.25, 0.3) is 5.91 Å². The first-order valence-electron chi connectivity index (χ1n) is 10.00. The maximum Gasteiger partial charge on any atom is 0.293 e. The lowest BCUT2D eigenvalue weighted by molar-refractivity contribution is -0.121. The van der Waals surface area contributed by atoms with E-state index < -0.39 is 0 Å². The number of halogens is 1. The van der Waals surface area contributed by atoms with Crippen LogP contribution in [0.4, 0.5) is 5.69 Å². The molecule has 0 bridgehead atoms. The highest BCUT2D eigenvalue weighted by atomic mass is 35.5. The fourth-order valence-corrected chi connectivity index (χ4v) is 3.73. The summed E-state index contributed by atoms with van der Waals surface area (Å²) in [7, 11) is 0. The fourth-order valence-electron chi connectivity index (χ4n) is 3.61. The molecule has 1 aromatic heterocycles. The molecule has 0 spiro atoms. The number of amides is 2. The molecule has 8 nitrogen and oxygen atoms in total. The number of piperidine rings is 1. The van der Waals surface area contributed by atoms with Crippen LogP contribution in [0.1, 0.15) is 29.3 Å². The van der Waals surface area contributed by atoms with Crippen LogP contribution in [0.2, 0.25) is 5.02 Å². The van der Waals surface area contributed by atoms with Crippen LogP contribution in [-0.2, 0) is 4.79 Å². The summed E-state index contributed by atoms with van der Waals surface area (Å²) in [4.78, 5) is 31.4. The number of rotatable bonds is 4. The predicted molar refractivity (Wildman–Crippen MR) is 116 cm³/mol. The van der Waals surface area contributed by atoms with E-state index in [0.29, 0.717) is 42.5 Å². The predicted octanol–water partition coefficient (Wildman–Crippen LogP) is 3.43. The highest BCUT2D eigenvalue weighted by Crippen LogP contribution is 2.25. The van der Waals surface area contributed by atoms with Crippen molar-refractivity contribution in [3.05, 3.63) is 65.2 Å². The summed E-state index contributed by atoms with van der Waals surface area (Å²) in [6, 6.07) is 13.7. The molecule has 9 heteroatoms. The zero-order valence-electron chi connectivity index (χ0n) is 17.0. The van der Waals surface area contributed by atoms with E-state index in [9.17, 15) is 14.7 Å². The molecule has 2 heterocycles. The quantitative estimate of drug-likeness (QED) is 0.606. The van der Waals surface area contributed by atoms with Crippen molar-refractivity contribution in [2.24, 2.45) is 5.92 Å². The van der Waals surface area contributed by atoms with Crippen molar-refractivity contribution < 1.29 is 14.7 Å². The van der Waals surface area contributed by atoms with E-state index in [1.807, 2.05) is 12.1 Å². The van der Waals surface area contributed by atoms with Gasteiger partial charge in [0, 0.05) is 24.0 Å². The summed E-state index contributed by atoms with van der Waals surface area (Å²) in [6.07, 6.45) is 1.06. The third-order valence-electron chi connectivity index (χ3n) is 5.35. The van der Waals surface area contributed by atoms with Gasteiger partial charge in [0.2, 0.25) is 11.7 Å². The summed E-state index contributed by atoms with van der Waals surface area (Å²) in [5.41, 5.74) is 1.16. The molecule has 0 unspecified atom stereocenters. The highest BCUT2D eigenvalue weighted by Gasteiger charge is 2.30. The Balaban J connectivity index is 1.38. The molecule has 0 atom stereocenters. The lowest BCUT2D eigenvalue weighted by Crippen LogP contribution is -2.41. The second-order valence-corrected chi connectivity index (χ2v) is 7.88. The van der Waals surface area contributed by atoms with Crippen LogP contribution >= 0.6 is 11.6 Å². The topological polar surface area (TPSA) is 100 Å². The molecule has 160 valence electrons. The summed E-state index contributed by atoms with van der Waals surface area (Å²) >= 11 is 5.94. The maximum atomic E-state index is 12.9. The maximum absolute atomic E-state index is 12.9. The molecule has 0 saturated carbocycles. The van der Waals surface area contributed by atoms with Gasteiger partial charge < -0.3 is 15.3 Å². The summed E-state index contributed by atoms with van der Waals surface area (Å²) in [5, 5.41) is 17.6. The standard InChI is InChI=1S/C22H22ClN5O3/c1-14-24-20(26-28(14)17-8-6-16(23)7-9-17)22(31)27-12-10-15(11-13-27)21(30)25-18-4-2-3-5-19(18)29/h2-9,15,29H,10-13H2,1H3,(H,25,30). The minimum Gasteiger partial charge on any atom is -0.506 e. The van der Waals surface area contributed by atoms with E-state index >= 15 is 0 Å². The van der Waals surface area contributed by atoms with Gasteiger partial charge >= 0.3 is 0 Å². The summed E-state index contributed by atoms with van der Waals surface area (Å²) in [5.74, 6) is 0.114. The molecular formula is C22H22ClN5O3. The van der Waals surface area contributed by atoms with E-state index in [1.165, 1.54) is 6.07 Å². The van der Waals surface area contributed by atoms with Crippen molar-refractivity contribution in [1.29, 1.82) is 0 Å². The number of phenolic OH excluding ortho intramolecular Hbond substituents is 1. The minimum absolute atomic E-state index is 0.0289. The number of hydrogen-bond donors (Lipinski definition) is 2. The minimum atomic E-state index is -0.254. The number of aryl methyl sites for hydroxylation is 1. The van der Waals surface area contributed by atoms with E-state index in [2.05, 4.69) is 15.4 Å². The number of carbonyl (C=O) groups excluding carboxylic acids is 2. The number of anilines is 1. The molecule has 4 rings (SSSR count). The highest BCUT2D eigenvalue weighted by molar-refractivity contribution is 6.30. The number of hydrogen-bond acceptors (Lipinski definition) is 5. The van der Waals surface area contributed by atoms with Crippen LogP contribution in [0.5, 0.6) is 5.75 Å². The average Bonchev–Trinajstić information content (AvgIpc) is 3.17. The summed E-state index contributed by atoms with van der Waals surface area (Å²) < 4.78 is 1.61. The number of aromatic hydroxyl groups is 1. The molecule has 1 aliphatic heterocycles. The van der Waals surface area contributed by atoms with Crippen LogP contribution in [0, 0.1) is 12.8 Å². The largest absolute Gasteiger partial charge is 0.506 e. The number of nitrogens with one attached hydrogen (secondary N) is 1. The van der Waals surface area contributed by atoms with Gasteiger partial charge in [-0.05, 0) is 56.2 Å². The molecule has 2 amide bonds. The Hall–Kier alpha value is -3.39. The van der Waals surface area contributed by atoms with Crippen LogP contribution in [-0.4, -0.2) is 49.7 Å². The molecule has 31 heavy (non-hydrogen) atoms. The normalized spacial score (nSPS) is 14.5. The second-order valence-electron chi connectivity index (χ2n) is 7.44. The van der Waals surface area contributed by atoms with Crippen molar-refractivity contribution in [1.82, 2.24) is 19.7 Å². The van der Waals surface area contributed by atoms with Crippen LogP contribution in [0.15, 0.2) is 48.5 Å². The Kier molecular flexibility index (Phi) is 5.90. The monoisotopic (exact) mass is 439 g/mol. The molecule has 2 aromatic carbocycles. The molecule has 1 saturated heterocycles. The lowest BCUT2D eigenvalue weighted by Gasteiger charge is -2.30. The van der Waals surface area contributed by atoms with E-state index in [4.69, 9.17) is 11.6 Å². The van der Waals surface area contributed by atoms with Gasteiger partial charge in [-0.25, -0.2) is 9.67 Å². The smallest absolute Gasteiger partial charge is 0.293 e. The zero-order valence-corrected chi connectivity index (χ0v) is 17.7. The SMILES string of the molecule is Cc1nc(C(=O)N2CCC(C(=O)Nc3ccccc3O)CC2)nn1-c1ccc(Cl)cc1. The number of phenols is 1. The molecule has 3 aromatic rings. The van der Waals surface area contributed by atoms with Crippen LogP contribution in [0.25, 0.3) is 5.69 Å². The molecule has 0 radical (unpaired) electrons. The zero-order chi connectivity index (χ0) is 22.0. The Bertz CT molecular complexity index is 1100. The summed E-state index contributed by atoms with van der Waals surface area (Å²) in [6.45, 7) is 2.66. The molecule has 0 aliphatic carbocycles. The number of likely N-dealkylation sites (tertiary alicyclic amines) is 1. The second kappa shape index (κ2) is 8.77. The van der Waals surface area contributed by atoms with E-state index in [1.54, 1.807) is 46.8 Å². The lowest BCUT2D eigenvalue weighted by atomic mass is 9.95. The molecule has 1 aliphatic rings. The van der Waals surface area contributed by atoms with Crippen LogP contribution < -0.4 is 5.32 Å². The van der Waals surface area contributed by atoms with Gasteiger partial charge in [-0.2, -0.15) is 0 Å². The van der Waals surface area contributed by atoms with Gasteiger partial charge in [0.15, 0.2) is 0 Å². The van der Waals surface area contributed by atoms with E-state index in [-0.39, 0.29) is 29.3 Å². The van der Waals surface area contributed by atoms with Crippen molar-refractivity contribution in [2.45, 2.75) is 19.8 Å². The van der Waals surface area contributed by atoms with E-state index in [0.717, 1.165) is 5.69 Å². The molecule has 2 N–H and O–H groups in total. The Morgan fingerprint density at radius 3 is 2.45 bits per heavy atom. The van der Waals surface area contributed by atoms with Gasteiger partial charge in [-0.1, -0.05) is 23.7 Å². The van der Waals surface area contributed by atoms with Gasteiger partial charge in [0.1, 0.15) is 11.6 Å².